The van der Waals surface area contributed by atoms with Crippen molar-refractivity contribution in [2.45, 2.75) is 19.9 Å². The highest BCUT2D eigenvalue weighted by Crippen LogP contribution is 2.12. The molecule has 3 nitrogen and oxygen atoms in total. The zero-order valence-corrected chi connectivity index (χ0v) is 13.2. The van der Waals surface area contributed by atoms with E-state index in [0.717, 1.165) is 21.3 Å². The Bertz CT molecular complexity index is 596. The van der Waals surface area contributed by atoms with Gasteiger partial charge in [-0.1, -0.05) is 34.1 Å². The number of halogens is 1. The lowest BCUT2D eigenvalue weighted by atomic mass is 10.1. The summed E-state index contributed by atoms with van der Waals surface area (Å²) in [4.78, 5) is 18.2. The van der Waals surface area contributed by atoms with Gasteiger partial charge < -0.3 is 4.90 Å². The number of pyridine rings is 1. The normalized spacial score (nSPS) is 10.3. The van der Waals surface area contributed by atoms with Gasteiger partial charge in [0, 0.05) is 24.3 Å². The summed E-state index contributed by atoms with van der Waals surface area (Å²) in [6, 6.07) is 11.9. The van der Waals surface area contributed by atoms with E-state index in [-0.39, 0.29) is 5.91 Å². The second-order valence-corrected chi connectivity index (χ2v) is 5.74. The average molecular weight is 333 g/mol. The molecule has 0 radical (unpaired) electrons. The van der Waals surface area contributed by atoms with E-state index < -0.39 is 0 Å². The van der Waals surface area contributed by atoms with Crippen molar-refractivity contribution in [2.24, 2.45) is 0 Å². The SMILES string of the molecule is Cc1cccnc1CC(=O)N(C)Cc1ccc(Br)cc1. The van der Waals surface area contributed by atoms with Crippen LogP contribution in [0.15, 0.2) is 47.1 Å². The van der Waals surface area contributed by atoms with E-state index in [1.807, 2.05) is 50.4 Å². The summed E-state index contributed by atoms with van der Waals surface area (Å²) in [6.07, 6.45) is 2.07. The van der Waals surface area contributed by atoms with Crippen molar-refractivity contribution in [1.82, 2.24) is 9.88 Å². The van der Waals surface area contributed by atoms with Gasteiger partial charge in [-0.2, -0.15) is 0 Å². The third-order valence-electron chi connectivity index (χ3n) is 3.20. The van der Waals surface area contributed by atoms with E-state index in [1.54, 1.807) is 11.1 Å². The van der Waals surface area contributed by atoms with Gasteiger partial charge in [-0.15, -0.1) is 0 Å². The molecule has 0 saturated carbocycles. The van der Waals surface area contributed by atoms with Crippen LogP contribution in [0, 0.1) is 6.92 Å². The largest absolute Gasteiger partial charge is 0.341 e. The summed E-state index contributed by atoms with van der Waals surface area (Å²) in [7, 11) is 1.82. The zero-order chi connectivity index (χ0) is 14.5. The lowest BCUT2D eigenvalue weighted by molar-refractivity contribution is -0.129. The first-order chi connectivity index (χ1) is 9.56. The van der Waals surface area contributed by atoms with Crippen LogP contribution in [0.5, 0.6) is 0 Å². The highest BCUT2D eigenvalue weighted by Gasteiger charge is 2.12. The Morgan fingerprint density at radius 3 is 2.60 bits per heavy atom. The predicted molar refractivity (Wildman–Crippen MR) is 83.3 cm³/mol. The van der Waals surface area contributed by atoms with Gasteiger partial charge in [0.2, 0.25) is 5.91 Å². The molecule has 0 saturated heterocycles. The molecular formula is C16H17BrN2O. The highest BCUT2D eigenvalue weighted by molar-refractivity contribution is 9.10. The Kier molecular flexibility index (Phi) is 4.90. The minimum atomic E-state index is 0.0784. The molecule has 0 fully saturated rings. The van der Waals surface area contributed by atoms with E-state index in [9.17, 15) is 4.79 Å². The molecule has 0 bridgehead atoms. The number of likely N-dealkylation sites (N-methyl/N-ethyl adjacent to an activating group) is 1. The van der Waals surface area contributed by atoms with Crippen molar-refractivity contribution in [2.75, 3.05) is 7.05 Å². The molecule has 0 aliphatic carbocycles. The highest BCUT2D eigenvalue weighted by atomic mass is 79.9. The van der Waals surface area contributed by atoms with Gasteiger partial charge in [-0.3, -0.25) is 9.78 Å². The Hall–Kier alpha value is -1.68. The maximum absolute atomic E-state index is 12.2. The Balaban J connectivity index is 1.99. The number of benzene rings is 1. The smallest absolute Gasteiger partial charge is 0.228 e. The Labute approximate surface area is 127 Å². The van der Waals surface area contributed by atoms with Gasteiger partial charge in [-0.05, 0) is 36.2 Å². The molecule has 0 aliphatic heterocycles. The summed E-state index contributed by atoms with van der Waals surface area (Å²) in [5, 5.41) is 0. The van der Waals surface area contributed by atoms with Crippen molar-refractivity contribution in [3.8, 4) is 0 Å². The standard InChI is InChI=1S/C16H17BrN2O/c1-12-4-3-9-18-15(12)10-16(20)19(2)11-13-5-7-14(17)8-6-13/h3-9H,10-11H2,1-2H3. The summed E-state index contributed by atoms with van der Waals surface area (Å²) in [5.74, 6) is 0.0784. The first-order valence-corrected chi connectivity index (χ1v) is 7.24. The van der Waals surface area contributed by atoms with Gasteiger partial charge in [0.25, 0.3) is 0 Å². The topological polar surface area (TPSA) is 33.2 Å². The van der Waals surface area contributed by atoms with Gasteiger partial charge in [-0.25, -0.2) is 0 Å². The van der Waals surface area contributed by atoms with Crippen LogP contribution in [0.2, 0.25) is 0 Å². The van der Waals surface area contributed by atoms with Gasteiger partial charge in [0.15, 0.2) is 0 Å². The first kappa shape index (κ1) is 14.7. The van der Waals surface area contributed by atoms with Crippen LogP contribution >= 0.6 is 15.9 Å². The molecule has 2 aromatic rings. The van der Waals surface area contributed by atoms with Crippen LogP contribution in [-0.2, 0) is 17.8 Å². The summed E-state index contributed by atoms with van der Waals surface area (Å²) in [6.45, 7) is 2.59. The fourth-order valence-electron chi connectivity index (χ4n) is 1.93. The second-order valence-electron chi connectivity index (χ2n) is 4.82. The lowest BCUT2D eigenvalue weighted by Crippen LogP contribution is -2.28. The third kappa shape index (κ3) is 3.90. The van der Waals surface area contributed by atoms with Gasteiger partial charge >= 0.3 is 0 Å². The van der Waals surface area contributed by atoms with Crippen LogP contribution in [0.3, 0.4) is 0 Å². The molecule has 20 heavy (non-hydrogen) atoms. The minimum absolute atomic E-state index is 0.0784. The number of hydrogen-bond acceptors (Lipinski definition) is 2. The molecule has 0 aliphatic rings. The van der Waals surface area contributed by atoms with E-state index in [2.05, 4.69) is 20.9 Å². The van der Waals surface area contributed by atoms with Crippen LogP contribution in [0.25, 0.3) is 0 Å². The van der Waals surface area contributed by atoms with Crippen molar-refractivity contribution < 1.29 is 4.79 Å². The zero-order valence-electron chi connectivity index (χ0n) is 11.6. The molecule has 1 aromatic carbocycles. The summed E-state index contributed by atoms with van der Waals surface area (Å²) < 4.78 is 1.04. The molecule has 1 aromatic heterocycles. The number of hydrogen-bond donors (Lipinski definition) is 0. The molecular weight excluding hydrogens is 316 g/mol. The van der Waals surface area contributed by atoms with E-state index in [1.165, 1.54) is 0 Å². The van der Waals surface area contributed by atoms with Crippen molar-refractivity contribution >= 4 is 21.8 Å². The quantitative estimate of drug-likeness (QED) is 0.860. The molecule has 0 unspecified atom stereocenters. The fourth-order valence-corrected chi connectivity index (χ4v) is 2.20. The minimum Gasteiger partial charge on any atom is -0.341 e. The number of aromatic nitrogens is 1. The number of aryl methyl sites for hydroxylation is 1. The van der Waals surface area contributed by atoms with Crippen molar-refractivity contribution in [1.29, 1.82) is 0 Å². The average Bonchev–Trinajstić information content (AvgIpc) is 2.44. The molecule has 4 heteroatoms. The Morgan fingerprint density at radius 2 is 1.95 bits per heavy atom. The molecule has 0 N–H and O–H groups in total. The number of nitrogens with zero attached hydrogens (tertiary/aromatic N) is 2. The lowest BCUT2D eigenvalue weighted by Gasteiger charge is -2.17. The van der Waals surface area contributed by atoms with Crippen molar-refractivity contribution in [3.63, 3.8) is 0 Å². The second kappa shape index (κ2) is 6.66. The van der Waals surface area contributed by atoms with Crippen molar-refractivity contribution in [3.05, 3.63) is 63.9 Å². The molecule has 1 amide bonds. The van der Waals surface area contributed by atoms with Crippen LogP contribution in [0.1, 0.15) is 16.8 Å². The summed E-state index contributed by atoms with van der Waals surface area (Å²) in [5.41, 5.74) is 3.01. The number of rotatable bonds is 4. The predicted octanol–water partition coefficient (Wildman–Crippen LogP) is 3.35. The molecule has 2 rings (SSSR count). The number of amides is 1. The Morgan fingerprint density at radius 1 is 1.25 bits per heavy atom. The maximum atomic E-state index is 12.2. The monoisotopic (exact) mass is 332 g/mol. The summed E-state index contributed by atoms with van der Waals surface area (Å²) >= 11 is 3.40. The van der Waals surface area contributed by atoms with Gasteiger partial charge in [0.1, 0.15) is 0 Å². The van der Waals surface area contributed by atoms with Crippen LogP contribution < -0.4 is 0 Å². The van der Waals surface area contributed by atoms with Crippen LogP contribution in [0.4, 0.5) is 0 Å². The molecule has 104 valence electrons. The number of carbonyl (C=O) groups excluding carboxylic acids is 1. The van der Waals surface area contributed by atoms with E-state index in [4.69, 9.17) is 0 Å². The van der Waals surface area contributed by atoms with Crippen LogP contribution in [-0.4, -0.2) is 22.8 Å². The molecule has 0 atom stereocenters. The molecule has 0 spiro atoms. The van der Waals surface area contributed by atoms with Gasteiger partial charge in [0.05, 0.1) is 12.1 Å². The fraction of sp³-hybridized carbons (Fsp3) is 0.250. The third-order valence-corrected chi connectivity index (χ3v) is 3.72. The maximum Gasteiger partial charge on any atom is 0.228 e. The number of carbonyl (C=O) groups is 1. The molecule has 1 heterocycles. The first-order valence-electron chi connectivity index (χ1n) is 6.45. The van der Waals surface area contributed by atoms with E-state index >= 15 is 0 Å². The van der Waals surface area contributed by atoms with E-state index in [0.29, 0.717) is 13.0 Å².